The first-order chi connectivity index (χ1) is 12.1. The summed E-state index contributed by atoms with van der Waals surface area (Å²) >= 11 is 0. The molecule has 146 valence electrons. The molecular formula is C19H32N3O3S+. The summed E-state index contributed by atoms with van der Waals surface area (Å²) in [6.07, 6.45) is 0. The second-order valence-corrected chi connectivity index (χ2v) is 9.62. The fourth-order valence-corrected chi connectivity index (χ4v) is 4.47. The number of carbonyl (C=O) groups excluding carboxylic acids is 1. The van der Waals surface area contributed by atoms with Crippen LogP contribution >= 0.6 is 0 Å². The van der Waals surface area contributed by atoms with Crippen molar-refractivity contribution in [3.8, 4) is 0 Å². The largest absolute Gasteiger partial charge is 0.348 e. The Hall–Kier alpha value is -1.44. The quantitative estimate of drug-likeness (QED) is 0.746. The number of amides is 1. The van der Waals surface area contributed by atoms with Crippen LogP contribution in [0.3, 0.4) is 0 Å². The standard InChI is InChI=1S/C19H31N3O3S/c1-14(2)17(5)20-19(23)13-21-8-10-22(11-9-21)26(24,25)18-7-6-15(3)16(4)12-18/h6-7,12,14,17H,8-11,13H2,1-5H3,(H,20,23)/p+1/t17-/m0/s1. The van der Waals surface area contributed by atoms with Gasteiger partial charge in [0.15, 0.2) is 6.54 Å². The molecule has 0 spiro atoms. The van der Waals surface area contributed by atoms with Gasteiger partial charge in [0.1, 0.15) is 0 Å². The molecule has 1 amide bonds. The highest BCUT2D eigenvalue weighted by atomic mass is 32.2. The minimum Gasteiger partial charge on any atom is -0.348 e. The number of aryl methyl sites for hydroxylation is 2. The fourth-order valence-electron chi connectivity index (χ4n) is 2.94. The monoisotopic (exact) mass is 382 g/mol. The van der Waals surface area contributed by atoms with Crippen molar-refractivity contribution in [2.75, 3.05) is 32.7 Å². The molecule has 7 heteroatoms. The lowest BCUT2D eigenvalue weighted by Crippen LogP contribution is -3.15. The number of hydrogen-bond donors (Lipinski definition) is 2. The Morgan fingerprint density at radius 3 is 2.31 bits per heavy atom. The zero-order chi connectivity index (χ0) is 19.5. The smallest absolute Gasteiger partial charge is 0.275 e. The minimum absolute atomic E-state index is 0.0340. The van der Waals surface area contributed by atoms with E-state index in [0.717, 1.165) is 16.0 Å². The number of nitrogens with one attached hydrogen (secondary N) is 2. The number of rotatable bonds is 6. The number of nitrogens with zero attached hydrogens (tertiary/aromatic N) is 1. The summed E-state index contributed by atoms with van der Waals surface area (Å²) in [5, 5.41) is 3.01. The third kappa shape index (κ3) is 5.05. The summed E-state index contributed by atoms with van der Waals surface area (Å²) in [5.41, 5.74) is 2.06. The van der Waals surface area contributed by atoms with Gasteiger partial charge in [-0.2, -0.15) is 4.31 Å². The number of sulfonamides is 1. The number of carbonyl (C=O) groups is 1. The van der Waals surface area contributed by atoms with Gasteiger partial charge in [-0.05, 0) is 49.9 Å². The molecule has 26 heavy (non-hydrogen) atoms. The van der Waals surface area contributed by atoms with Gasteiger partial charge in [-0.3, -0.25) is 4.79 Å². The highest BCUT2D eigenvalue weighted by Crippen LogP contribution is 2.19. The topological polar surface area (TPSA) is 70.9 Å². The second-order valence-electron chi connectivity index (χ2n) is 7.68. The second kappa shape index (κ2) is 8.50. The highest BCUT2D eigenvalue weighted by Gasteiger charge is 2.31. The van der Waals surface area contributed by atoms with Crippen LogP contribution in [-0.2, 0) is 14.8 Å². The molecule has 1 heterocycles. The number of quaternary nitrogens is 1. The molecule has 1 aliphatic rings. The number of piperazine rings is 1. The third-order valence-electron chi connectivity index (χ3n) is 5.34. The van der Waals surface area contributed by atoms with E-state index in [-0.39, 0.29) is 11.9 Å². The molecule has 2 rings (SSSR count). The molecule has 1 aromatic carbocycles. The van der Waals surface area contributed by atoms with E-state index in [1.165, 1.54) is 4.31 Å². The first kappa shape index (κ1) is 20.9. The third-order valence-corrected chi connectivity index (χ3v) is 7.24. The van der Waals surface area contributed by atoms with Crippen LogP contribution in [0.1, 0.15) is 31.9 Å². The van der Waals surface area contributed by atoms with Crippen LogP contribution in [0.15, 0.2) is 23.1 Å². The number of hydrogen-bond acceptors (Lipinski definition) is 3. The molecule has 0 bridgehead atoms. The Kier molecular flexibility index (Phi) is 6.82. The molecule has 0 aromatic heterocycles. The maximum Gasteiger partial charge on any atom is 0.275 e. The van der Waals surface area contributed by atoms with E-state index < -0.39 is 10.0 Å². The summed E-state index contributed by atoms with van der Waals surface area (Å²) in [6, 6.07) is 5.42. The molecule has 0 unspecified atom stereocenters. The lowest BCUT2D eigenvalue weighted by molar-refractivity contribution is -0.895. The van der Waals surface area contributed by atoms with Crippen LogP contribution in [0, 0.1) is 19.8 Å². The van der Waals surface area contributed by atoms with Crippen molar-refractivity contribution in [3.63, 3.8) is 0 Å². The molecule has 0 saturated carbocycles. The van der Waals surface area contributed by atoms with Crippen molar-refractivity contribution in [1.29, 1.82) is 0 Å². The summed E-state index contributed by atoms with van der Waals surface area (Å²) in [6.45, 7) is 12.6. The van der Waals surface area contributed by atoms with Crippen LogP contribution in [0.25, 0.3) is 0 Å². The highest BCUT2D eigenvalue weighted by molar-refractivity contribution is 7.89. The van der Waals surface area contributed by atoms with Crippen LogP contribution in [-0.4, -0.2) is 57.4 Å². The van der Waals surface area contributed by atoms with Gasteiger partial charge in [0, 0.05) is 6.04 Å². The van der Waals surface area contributed by atoms with E-state index in [1.807, 2.05) is 26.8 Å². The summed E-state index contributed by atoms with van der Waals surface area (Å²) < 4.78 is 27.2. The van der Waals surface area contributed by atoms with E-state index in [4.69, 9.17) is 0 Å². The summed E-state index contributed by atoms with van der Waals surface area (Å²) in [7, 11) is -3.46. The van der Waals surface area contributed by atoms with Crippen LogP contribution < -0.4 is 10.2 Å². The summed E-state index contributed by atoms with van der Waals surface area (Å²) in [5.74, 6) is 0.431. The average molecular weight is 383 g/mol. The molecule has 1 fully saturated rings. The normalized spacial score (nSPS) is 18.1. The van der Waals surface area contributed by atoms with Gasteiger partial charge in [0.05, 0.1) is 31.1 Å². The van der Waals surface area contributed by atoms with Gasteiger partial charge in [0.25, 0.3) is 5.91 Å². The summed E-state index contributed by atoms with van der Waals surface area (Å²) in [4.78, 5) is 13.6. The van der Waals surface area contributed by atoms with E-state index in [0.29, 0.717) is 43.5 Å². The Morgan fingerprint density at radius 1 is 1.15 bits per heavy atom. The lowest BCUT2D eigenvalue weighted by Gasteiger charge is -2.31. The van der Waals surface area contributed by atoms with Gasteiger partial charge >= 0.3 is 0 Å². The molecule has 1 aromatic rings. The first-order valence-corrected chi connectivity index (χ1v) is 10.8. The van der Waals surface area contributed by atoms with Crippen LogP contribution in [0.5, 0.6) is 0 Å². The Labute approximate surface area is 157 Å². The van der Waals surface area contributed by atoms with Gasteiger partial charge in [-0.15, -0.1) is 0 Å². The van der Waals surface area contributed by atoms with E-state index in [9.17, 15) is 13.2 Å². The molecular weight excluding hydrogens is 350 g/mol. The number of benzene rings is 1. The van der Waals surface area contributed by atoms with Crippen molar-refractivity contribution in [1.82, 2.24) is 9.62 Å². The average Bonchev–Trinajstić information content (AvgIpc) is 2.57. The van der Waals surface area contributed by atoms with Crippen molar-refractivity contribution in [2.45, 2.75) is 45.6 Å². The molecule has 6 nitrogen and oxygen atoms in total. The first-order valence-electron chi connectivity index (χ1n) is 9.31. The molecule has 1 saturated heterocycles. The Balaban J connectivity index is 1.93. The molecule has 0 aliphatic carbocycles. The van der Waals surface area contributed by atoms with E-state index in [2.05, 4.69) is 19.2 Å². The molecule has 0 radical (unpaired) electrons. The van der Waals surface area contributed by atoms with Crippen molar-refractivity contribution < 1.29 is 18.1 Å². The zero-order valence-electron chi connectivity index (χ0n) is 16.5. The van der Waals surface area contributed by atoms with Crippen LogP contribution in [0.4, 0.5) is 0 Å². The SMILES string of the molecule is Cc1ccc(S(=O)(=O)N2CC[NH+](CC(=O)N[C@@H](C)C(C)C)CC2)cc1C. The van der Waals surface area contributed by atoms with E-state index >= 15 is 0 Å². The fraction of sp³-hybridized carbons (Fsp3) is 0.632. The maximum absolute atomic E-state index is 12.8. The van der Waals surface area contributed by atoms with E-state index in [1.54, 1.807) is 12.1 Å². The maximum atomic E-state index is 12.8. The van der Waals surface area contributed by atoms with Crippen LogP contribution in [0.2, 0.25) is 0 Å². The molecule has 2 N–H and O–H groups in total. The van der Waals surface area contributed by atoms with Gasteiger partial charge in [-0.1, -0.05) is 19.9 Å². The molecule has 1 atom stereocenters. The van der Waals surface area contributed by atoms with Crippen molar-refractivity contribution in [2.24, 2.45) is 5.92 Å². The minimum atomic E-state index is -3.46. The van der Waals surface area contributed by atoms with Crippen molar-refractivity contribution in [3.05, 3.63) is 29.3 Å². The van der Waals surface area contributed by atoms with Gasteiger partial charge in [0.2, 0.25) is 10.0 Å². The predicted octanol–water partition coefficient (Wildman–Crippen LogP) is 0.353. The van der Waals surface area contributed by atoms with Gasteiger partial charge in [-0.25, -0.2) is 8.42 Å². The Morgan fingerprint density at radius 2 is 1.77 bits per heavy atom. The Bertz CT molecular complexity index is 738. The predicted molar refractivity (Wildman–Crippen MR) is 103 cm³/mol. The molecule has 1 aliphatic heterocycles. The van der Waals surface area contributed by atoms with Crippen molar-refractivity contribution >= 4 is 15.9 Å². The van der Waals surface area contributed by atoms with Gasteiger partial charge < -0.3 is 10.2 Å². The zero-order valence-corrected chi connectivity index (χ0v) is 17.3. The lowest BCUT2D eigenvalue weighted by atomic mass is 10.1.